The summed E-state index contributed by atoms with van der Waals surface area (Å²) in [5.74, 6) is 0.432. The lowest BCUT2D eigenvalue weighted by atomic mass is 10.1. The Morgan fingerprint density at radius 2 is 1.81 bits per heavy atom. The van der Waals surface area contributed by atoms with Gasteiger partial charge in [0.1, 0.15) is 5.75 Å². The molecule has 1 aromatic rings. The van der Waals surface area contributed by atoms with E-state index in [0.717, 1.165) is 37.2 Å². The van der Waals surface area contributed by atoms with Crippen molar-refractivity contribution in [2.45, 2.75) is 46.6 Å². The fraction of sp³-hybridized carbons (Fsp3) is 0.647. The number of hydrogen-bond acceptors (Lipinski definition) is 3. The van der Waals surface area contributed by atoms with Crippen LogP contribution in [0.3, 0.4) is 0 Å². The topological polar surface area (TPSA) is 35.5 Å². The third-order valence-electron chi connectivity index (χ3n) is 3.57. The van der Waals surface area contributed by atoms with E-state index in [0.29, 0.717) is 5.75 Å². The standard InChI is InChI=1S/C17H29IN2O/c1-4-8-20(9-5-2)10-6-7-19-13-15-12-16(18)11-14(3)17(15)21/h11-12,19,21H,4-10,13H2,1-3H3. The molecule has 0 saturated heterocycles. The van der Waals surface area contributed by atoms with Crippen LogP contribution in [0.1, 0.15) is 44.2 Å². The van der Waals surface area contributed by atoms with Gasteiger partial charge < -0.3 is 15.3 Å². The number of nitrogens with zero attached hydrogens (tertiary/aromatic N) is 1. The summed E-state index contributed by atoms with van der Waals surface area (Å²) in [5, 5.41) is 13.5. The van der Waals surface area contributed by atoms with E-state index in [1.807, 2.05) is 13.0 Å². The summed E-state index contributed by atoms with van der Waals surface area (Å²) in [6, 6.07) is 4.06. The molecule has 120 valence electrons. The second-order valence-corrected chi connectivity index (χ2v) is 6.85. The second-order valence-electron chi connectivity index (χ2n) is 5.60. The molecule has 0 aliphatic rings. The monoisotopic (exact) mass is 404 g/mol. The van der Waals surface area contributed by atoms with Gasteiger partial charge in [0.25, 0.3) is 0 Å². The van der Waals surface area contributed by atoms with Crippen molar-refractivity contribution in [2.75, 3.05) is 26.2 Å². The summed E-state index contributed by atoms with van der Waals surface area (Å²) in [5.41, 5.74) is 1.95. The molecule has 0 heterocycles. The number of nitrogens with one attached hydrogen (secondary N) is 1. The molecule has 0 aliphatic carbocycles. The number of phenols is 1. The van der Waals surface area contributed by atoms with E-state index in [4.69, 9.17) is 0 Å². The first-order valence-corrected chi connectivity index (χ1v) is 9.07. The number of aromatic hydroxyl groups is 1. The quantitative estimate of drug-likeness (QED) is 0.459. The number of halogens is 1. The maximum absolute atomic E-state index is 10.1. The number of hydrogen-bond donors (Lipinski definition) is 2. The molecule has 0 spiro atoms. The van der Waals surface area contributed by atoms with Crippen molar-refractivity contribution in [3.05, 3.63) is 26.8 Å². The smallest absolute Gasteiger partial charge is 0.123 e. The fourth-order valence-corrected chi connectivity index (χ4v) is 3.40. The molecule has 0 saturated carbocycles. The maximum Gasteiger partial charge on any atom is 0.123 e. The van der Waals surface area contributed by atoms with Crippen LogP contribution in [0.4, 0.5) is 0 Å². The third-order valence-corrected chi connectivity index (χ3v) is 4.19. The zero-order chi connectivity index (χ0) is 15.7. The molecule has 0 unspecified atom stereocenters. The number of phenolic OH excluding ortho intramolecular Hbond substituents is 1. The van der Waals surface area contributed by atoms with Gasteiger partial charge in [0.15, 0.2) is 0 Å². The molecular weight excluding hydrogens is 375 g/mol. The van der Waals surface area contributed by atoms with Gasteiger partial charge in [-0.05, 0) is 92.7 Å². The lowest BCUT2D eigenvalue weighted by Crippen LogP contribution is -2.29. The van der Waals surface area contributed by atoms with Gasteiger partial charge >= 0.3 is 0 Å². The summed E-state index contributed by atoms with van der Waals surface area (Å²) in [6.45, 7) is 11.7. The van der Waals surface area contributed by atoms with E-state index in [2.05, 4.69) is 52.7 Å². The van der Waals surface area contributed by atoms with E-state index in [1.165, 1.54) is 29.5 Å². The van der Waals surface area contributed by atoms with Gasteiger partial charge in [-0.25, -0.2) is 0 Å². The first kappa shape index (κ1) is 18.7. The second kappa shape index (κ2) is 10.4. The average molecular weight is 404 g/mol. The Labute approximate surface area is 143 Å². The summed E-state index contributed by atoms with van der Waals surface area (Å²) in [7, 11) is 0. The van der Waals surface area contributed by atoms with Gasteiger partial charge in [0.2, 0.25) is 0 Å². The summed E-state index contributed by atoms with van der Waals surface area (Å²) in [6.07, 6.45) is 3.61. The van der Waals surface area contributed by atoms with Crippen molar-refractivity contribution in [2.24, 2.45) is 0 Å². The minimum atomic E-state index is 0.432. The van der Waals surface area contributed by atoms with Crippen LogP contribution >= 0.6 is 22.6 Å². The number of aryl methyl sites for hydroxylation is 1. The molecule has 0 amide bonds. The minimum Gasteiger partial charge on any atom is -0.507 e. The highest BCUT2D eigenvalue weighted by Crippen LogP contribution is 2.24. The van der Waals surface area contributed by atoms with E-state index >= 15 is 0 Å². The van der Waals surface area contributed by atoms with Crippen molar-refractivity contribution in [1.82, 2.24) is 10.2 Å². The molecule has 0 bridgehead atoms. The van der Waals surface area contributed by atoms with Gasteiger partial charge in [-0.3, -0.25) is 0 Å². The van der Waals surface area contributed by atoms with Gasteiger partial charge in [0.05, 0.1) is 0 Å². The Morgan fingerprint density at radius 3 is 2.43 bits per heavy atom. The predicted octanol–water partition coefficient (Wildman–Crippen LogP) is 3.91. The first-order valence-electron chi connectivity index (χ1n) is 7.99. The molecule has 0 fully saturated rings. The van der Waals surface area contributed by atoms with Crippen molar-refractivity contribution in [3.63, 3.8) is 0 Å². The SMILES string of the molecule is CCCN(CCC)CCCNCc1cc(I)cc(C)c1O. The van der Waals surface area contributed by atoms with Crippen LogP contribution in [0, 0.1) is 10.5 Å². The number of rotatable bonds is 10. The lowest BCUT2D eigenvalue weighted by molar-refractivity contribution is 0.270. The molecule has 1 rings (SSSR count). The molecule has 0 aromatic heterocycles. The van der Waals surface area contributed by atoms with E-state index < -0.39 is 0 Å². The Hall–Kier alpha value is -0.330. The van der Waals surface area contributed by atoms with Gasteiger partial charge in [-0.1, -0.05) is 13.8 Å². The number of benzene rings is 1. The zero-order valence-corrected chi connectivity index (χ0v) is 15.7. The first-order chi connectivity index (χ1) is 10.1. The molecule has 0 atom stereocenters. The molecule has 4 heteroatoms. The van der Waals surface area contributed by atoms with Crippen LogP contribution in [0.15, 0.2) is 12.1 Å². The van der Waals surface area contributed by atoms with Crippen LogP contribution in [0.5, 0.6) is 5.75 Å². The van der Waals surface area contributed by atoms with Crippen molar-refractivity contribution in [1.29, 1.82) is 0 Å². The molecule has 2 N–H and O–H groups in total. The Balaban J connectivity index is 2.31. The van der Waals surface area contributed by atoms with Gasteiger partial charge in [-0.15, -0.1) is 0 Å². The summed E-state index contributed by atoms with van der Waals surface area (Å²) >= 11 is 2.30. The van der Waals surface area contributed by atoms with Crippen LogP contribution < -0.4 is 5.32 Å². The molecule has 3 nitrogen and oxygen atoms in total. The molecule has 0 radical (unpaired) electrons. The molecular formula is C17H29IN2O. The predicted molar refractivity (Wildman–Crippen MR) is 98.9 cm³/mol. The van der Waals surface area contributed by atoms with Crippen LogP contribution in [0.2, 0.25) is 0 Å². The minimum absolute atomic E-state index is 0.432. The Kier molecular flexibility index (Phi) is 9.27. The van der Waals surface area contributed by atoms with Gasteiger partial charge in [0, 0.05) is 15.7 Å². The van der Waals surface area contributed by atoms with E-state index in [1.54, 1.807) is 0 Å². The highest BCUT2D eigenvalue weighted by atomic mass is 127. The highest BCUT2D eigenvalue weighted by molar-refractivity contribution is 14.1. The van der Waals surface area contributed by atoms with E-state index in [-0.39, 0.29) is 0 Å². The normalized spacial score (nSPS) is 11.3. The van der Waals surface area contributed by atoms with Crippen LogP contribution in [-0.2, 0) is 6.54 Å². The van der Waals surface area contributed by atoms with Crippen molar-refractivity contribution >= 4 is 22.6 Å². The summed E-state index contributed by atoms with van der Waals surface area (Å²) in [4.78, 5) is 2.54. The van der Waals surface area contributed by atoms with Crippen LogP contribution in [0.25, 0.3) is 0 Å². The average Bonchev–Trinajstić information content (AvgIpc) is 2.44. The third kappa shape index (κ3) is 6.98. The largest absolute Gasteiger partial charge is 0.507 e. The molecule has 21 heavy (non-hydrogen) atoms. The Bertz CT molecular complexity index is 417. The van der Waals surface area contributed by atoms with Crippen molar-refractivity contribution in [3.8, 4) is 5.75 Å². The zero-order valence-electron chi connectivity index (χ0n) is 13.6. The van der Waals surface area contributed by atoms with Gasteiger partial charge in [-0.2, -0.15) is 0 Å². The fourth-order valence-electron chi connectivity index (χ4n) is 2.56. The Morgan fingerprint density at radius 1 is 1.14 bits per heavy atom. The summed E-state index contributed by atoms with van der Waals surface area (Å²) < 4.78 is 1.18. The lowest BCUT2D eigenvalue weighted by Gasteiger charge is -2.20. The van der Waals surface area contributed by atoms with E-state index in [9.17, 15) is 5.11 Å². The maximum atomic E-state index is 10.1. The molecule has 0 aliphatic heterocycles. The molecule has 1 aromatic carbocycles. The van der Waals surface area contributed by atoms with Crippen LogP contribution in [-0.4, -0.2) is 36.2 Å². The highest BCUT2D eigenvalue weighted by Gasteiger charge is 2.06. The van der Waals surface area contributed by atoms with Crippen molar-refractivity contribution < 1.29 is 5.11 Å².